The highest BCUT2D eigenvalue weighted by Gasteiger charge is 2.23. The summed E-state index contributed by atoms with van der Waals surface area (Å²) >= 11 is 1.22. The molecule has 0 atom stereocenters. The van der Waals surface area contributed by atoms with Crippen molar-refractivity contribution in [3.8, 4) is 0 Å². The number of anilines is 2. The first kappa shape index (κ1) is 17.7. The zero-order valence-electron chi connectivity index (χ0n) is 14.3. The lowest BCUT2D eigenvalue weighted by Gasteiger charge is -2.07. The lowest BCUT2D eigenvalue weighted by molar-refractivity contribution is 0.0951. The van der Waals surface area contributed by atoms with Crippen molar-refractivity contribution >= 4 is 34.5 Å². The van der Waals surface area contributed by atoms with Gasteiger partial charge in [-0.1, -0.05) is 48.5 Å². The van der Waals surface area contributed by atoms with Crippen LogP contribution in [0.4, 0.5) is 11.4 Å². The molecule has 1 heterocycles. The second-order valence-corrected chi connectivity index (χ2v) is 6.99. The maximum atomic E-state index is 12.5. The Morgan fingerprint density at radius 1 is 0.962 bits per heavy atom. The van der Waals surface area contributed by atoms with Crippen LogP contribution in [0.5, 0.6) is 0 Å². The first-order chi connectivity index (χ1) is 12.6. The predicted octanol–water partition coefficient (Wildman–Crippen LogP) is 3.82. The number of nitrogens with two attached hydrogens (primary N) is 1. The van der Waals surface area contributed by atoms with Crippen LogP contribution < -0.4 is 16.4 Å². The van der Waals surface area contributed by atoms with Crippen molar-refractivity contribution in [2.24, 2.45) is 0 Å². The van der Waals surface area contributed by atoms with Gasteiger partial charge in [0.25, 0.3) is 11.8 Å². The first-order valence-electron chi connectivity index (χ1n) is 8.13. The van der Waals surface area contributed by atoms with E-state index in [0.717, 1.165) is 5.56 Å². The molecule has 0 saturated heterocycles. The van der Waals surface area contributed by atoms with Gasteiger partial charge in [-0.05, 0) is 24.6 Å². The number of hydrogen-bond donors (Lipinski definition) is 3. The van der Waals surface area contributed by atoms with Crippen molar-refractivity contribution in [2.45, 2.75) is 13.5 Å². The Balaban J connectivity index is 1.74. The maximum absolute atomic E-state index is 12.5. The number of nitrogen functional groups attached to an aromatic ring is 1. The number of para-hydroxylation sites is 1. The van der Waals surface area contributed by atoms with Crippen LogP contribution in [-0.4, -0.2) is 11.8 Å². The highest BCUT2D eigenvalue weighted by molar-refractivity contribution is 7.15. The van der Waals surface area contributed by atoms with Crippen LogP contribution >= 0.6 is 11.3 Å². The van der Waals surface area contributed by atoms with E-state index < -0.39 is 0 Å². The Hall–Kier alpha value is -3.12. The van der Waals surface area contributed by atoms with Crippen LogP contribution in [0.3, 0.4) is 0 Å². The fourth-order valence-corrected chi connectivity index (χ4v) is 3.56. The average Bonchev–Trinajstić information content (AvgIpc) is 2.96. The van der Waals surface area contributed by atoms with Gasteiger partial charge in [0.2, 0.25) is 0 Å². The fourth-order valence-electron chi connectivity index (χ4n) is 2.59. The third kappa shape index (κ3) is 3.92. The van der Waals surface area contributed by atoms with Crippen molar-refractivity contribution in [1.82, 2.24) is 5.32 Å². The standard InChI is InChI=1S/C20H19N3O2S/c1-13-16(19(24)22-12-14-8-4-2-5-9-14)17(21)18(26-13)20(25)23-15-10-6-3-7-11-15/h2-11H,12,21H2,1H3,(H,22,24)(H,23,25). The molecule has 132 valence electrons. The molecule has 26 heavy (non-hydrogen) atoms. The van der Waals surface area contributed by atoms with Gasteiger partial charge in [-0.25, -0.2) is 0 Å². The molecule has 0 aliphatic rings. The molecule has 4 N–H and O–H groups in total. The molecule has 6 heteroatoms. The van der Waals surface area contributed by atoms with Crippen LogP contribution in [0.1, 0.15) is 30.5 Å². The Bertz CT molecular complexity index is 921. The Morgan fingerprint density at radius 3 is 2.23 bits per heavy atom. The Morgan fingerprint density at radius 2 is 1.58 bits per heavy atom. The summed E-state index contributed by atoms with van der Waals surface area (Å²) in [5.74, 6) is -0.595. The third-order valence-corrected chi connectivity index (χ3v) is 5.00. The van der Waals surface area contributed by atoms with Gasteiger partial charge >= 0.3 is 0 Å². The first-order valence-corrected chi connectivity index (χ1v) is 8.95. The van der Waals surface area contributed by atoms with E-state index in [-0.39, 0.29) is 17.5 Å². The highest BCUT2D eigenvalue weighted by atomic mass is 32.1. The van der Waals surface area contributed by atoms with Crippen LogP contribution in [0.15, 0.2) is 60.7 Å². The van der Waals surface area contributed by atoms with Gasteiger partial charge in [0.1, 0.15) is 4.88 Å². The topological polar surface area (TPSA) is 84.2 Å². The number of carbonyl (C=O) groups excluding carboxylic acids is 2. The summed E-state index contributed by atoms with van der Waals surface area (Å²) in [6, 6.07) is 18.7. The molecule has 0 radical (unpaired) electrons. The van der Waals surface area contributed by atoms with Gasteiger partial charge in [-0.15, -0.1) is 11.3 Å². The van der Waals surface area contributed by atoms with E-state index in [0.29, 0.717) is 27.5 Å². The monoisotopic (exact) mass is 365 g/mol. The van der Waals surface area contributed by atoms with Gasteiger partial charge in [-0.2, -0.15) is 0 Å². The number of benzene rings is 2. The number of hydrogen-bond acceptors (Lipinski definition) is 4. The maximum Gasteiger partial charge on any atom is 0.267 e. The quantitative estimate of drug-likeness (QED) is 0.643. The van der Waals surface area contributed by atoms with Gasteiger partial charge in [0.15, 0.2) is 0 Å². The molecular weight excluding hydrogens is 346 g/mol. The summed E-state index contributed by atoms with van der Waals surface area (Å²) < 4.78 is 0. The third-order valence-electron chi connectivity index (χ3n) is 3.88. The molecule has 0 aliphatic carbocycles. The van der Waals surface area contributed by atoms with Crippen LogP contribution in [-0.2, 0) is 6.54 Å². The lowest BCUT2D eigenvalue weighted by Crippen LogP contribution is -2.24. The molecule has 0 unspecified atom stereocenters. The number of rotatable bonds is 5. The summed E-state index contributed by atoms with van der Waals surface area (Å²) in [5, 5.41) is 5.65. The van der Waals surface area contributed by atoms with Gasteiger partial charge in [0.05, 0.1) is 11.3 Å². The minimum absolute atomic E-state index is 0.214. The molecule has 3 rings (SSSR count). The molecule has 0 fully saturated rings. The van der Waals surface area contributed by atoms with Crippen molar-refractivity contribution in [3.63, 3.8) is 0 Å². The molecule has 3 aromatic rings. The van der Waals surface area contributed by atoms with E-state index in [9.17, 15) is 9.59 Å². The van der Waals surface area contributed by atoms with E-state index in [4.69, 9.17) is 5.73 Å². The van der Waals surface area contributed by atoms with E-state index in [2.05, 4.69) is 10.6 Å². The number of amides is 2. The summed E-state index contributed by atoms with van der Waals surface area (Å²) in [5.41, 5.74) is 8.37. The molecule has 2 amide bonds. The van der Waals surface area contributed by atoms with Gasteiger partial charge in [0, 0.05) is 17.1 Å². The molecule has 5 nitrogen and oxygen atoms in total. The number of thiophene rings is 1. The molecule has 0 spiro atoms. The predicted molar refractivity (Wildman–Crippen MR) is 105 cm³/mol. The van der Waals surface area contributed by atoms with Gasteiger partial charge < -0.3 is 16.4 Å². The van der Waals surface area contributed by atoms with Crippen LogP contribution in [0, 0.1) is 6.92 Å². The Kier molecular flexibility index (Phi) is 5.34. The van der Waals surface area contributed by atoms with Crippen LogP contribution in [0.25, 0.3) is 0 Å². The molecule has 0 bridgehead atoms. The fraction of sp³-hybridized carbons (Fsp3) is 0.100. The Labute approximate surface area is 155 Å². The van der Waals surface area contributed by atoms with Crippen molar-refractivity contribution in [3.05, 3.63) is 81.5 Å². The van der Waals surface area contributed by atoms with E-state index in [1.54, 1.807) is 19.1 Å². The second kappa shape index (κ2) is 7.84. The summed E-state index contributed by atoms with van der Waals surface area (Å²) in [6.07, 6.45) is 0. The second-order valence-electron chi connectivity index (χ2n) is 5.76. The molecule has 2 aromatic carbocycles. The minimum atomic E-state index is -0.316. The number of carbonyl (C=O) groups is 2. The number of aryl methyl sites for hydroxylation is 1. The lowest BCUT2D eigenvalue weighted by atomic mass is 10.1. The van der Waals surface area contributed by atoms with Crippen LogP contribution in [0.2, 0.25) is 0 Å². The average molecular weight is 365 g/mol. The largest absolute Gasteiger partial charge is 0.397 e. The molecular formula is C20H19N3O2S. The zero-order valence-corrected chi connectivity index (χ0v) is 15.1. The number of nitrogens with one attached hydrogen (secondary N) is 2. The minimum Gasteiger partial charge on any atom is -0.397 e. The smallest absolute Gasteiger partial charge is 0.267 e. The summed E-state index contributed by atoms with van der Waals surface area (Å²) in [4.78, 5) is 26.1. The normalized spacial score (nSPS) is 10.3. The summed E-state index contributed by atoms with van der Waals surface area (Å²) in [6.45, 7) is 2.19. The summed E-state index contributed by atoms with van der Waals surface area (Å²) in [7, 11) is 0. The van der Waals surface area contributed by atoms with Crippen molar-refractivity contribution < 1.29 is 9.59 Å². The van der Waals surface area contributed by atoms with Crippen molar-refractivity contribution in [1.29, 1.82) is 0 Å². The molecule has 0 saturated carbocycles. The SMILES string of the molecule is Cc1sc(C(=O)Nc2ccccc2)c(N)c1C(=O)NCc1ccccc1. The molecule has 1 aromatic heterocycles. The van der Waals surface area contributed by atoms with Crippen molar-refractivity contribution in [2.75, 3.05) is 11.1 Å². The van der Waals surface area contributed by atoms with E-state index in [1.807, 2.05) is 48.5 Å². The van der Waals surface area contributed by atoms with E-state index >= 15 is 0 Å². The van der Waals surface area contributed by atoms with Gasteiger partial charge in [-0.3, -0.25) is 9.59 Å². The molecule has 0 aliphatic heterocycles. The highest BCUT2D eigenvalue weighted by Crippen LogP contribution is 2.31. The zero-order chi connectivity index (χ0) is 18.5. The van der Waals surface area contributed by atoms with E-state index in [1.165, 1.54) is 11.3 Å².